The molecular formula is C19H13F3O4. The highest BCUT2D eigenvalue weighted by atomic mass is 19.3. The van der Waals surface area contributed by atoms with Crippen LogP contribution in [0.15, 0.2) is 54.6 Å². The van der Waals surface area contributed by atoms with Crippen LogP contribution in [0.5, 0.6) is 17.2 Å². The minimum Gasteiger partial charge on any atom is -0.497 e. The Hall–Kier alpha value is -3.22. The summed E-state index contributed by atoms with van der Waals surface area (Å²) in [5.41, 5.74) is 0.317. The van der Waals surface area contributed by atoms with Crippen LogP contribution >= 0.6 is 0 Å². The highest BCUT2D eigenvalue weighted by molar-refractivity contribution is 5.92. The molecule has 7 heteroatoms. The van der Waals surface area contributed by atoms with E-state index in [1.54, 1.807) is 24.3 Å². The van der Waals surface area contributed by atoms with E-state index in [4.69, 9.17) is 9.47 Å². The average molecular weight is 362 g/mol. The monoisotopic (exact) mass is 362 g/mol. The fraction of sp³-hybridized carbons (Fsp3) is 0.105. The van der Waals surface area contributed by atoms with Gasteiger partial charge < -0.3 is 14.2 Å². The number of ether oxygens (including phenoxy) is 3. The van der Waals surface area contributed by atoms with E-state index in [9.17, 15) is 18.0 Å². The number of hydrogen-bond donors (Lipinski definition) is 0. The number of carbonyl (C=O) groups is 1. The molecule has 0 aliphatic rings. The molecule has 0 bridgehead atoms. The topological polar surface area (TPSA) is 44.8 Å². The highest BCUT2D eigenvalue weighted by Gasteiger charge is 2.14. The second-order valence-electron chi connectivity index (χ2n) is 5.26. The zero-order valence-corrected chi connectivity index (χ0v) is 13.5. The van der Waals surface area contributed by atoms with Gasteiger partial charge in [-0.3, -0.25) is 0 Å². The van der Waals surface area contributed by atoms with Crippen LogP contribution in [0.4, 0.5) is 13.2 Å². The maximum atomic E-state index is 14.2. The second-order valence-corrected chi connectivity index (χ2v) is 5.26. The molecule has 0 spiro atoms. The molecule has 0 aliphatic heterocycles. The lowest BCUT2D eigenvalue weighted by Crippen LogP contribution is -2.08. The molecule has 3 rings (SSSR count). The first-order chi connectivity index (χ1) is 12.5. The van der Waals surface area contributed by atoms with Gasteiger partial charge in [-0.05, 0) is 53.9 Å². The Kier molecular flexibility index (Phi) is 4.97. The van der Waals surface area contributed by atoms with Crippen LogP contribution in [-0.2, 0) is 0 Å². The number of methoxy groups -OCH3 is 1. The van der Waals surface area contributed by atoms with E-state index >= 15 is 0 Å². The van der Waals surface area contributed by atoms with Gasteiger partial charge in [0, 0.05) is 5.39 Å². The number of halogens is 3. The molecule has 0 saturated heterocycles. The number of benzene rings is 3. The SMILES string of the molecule is COc1ccc(C(=O)Oc2ccc3c(F)c(OC(F)F)ccc3c2)cc1. The summed E-state index contributed by atoms with van der Waals surface area (Å²) < 4.78 is 53.1. The summed E-state index contributed by atoms with van der Waals surface area (Å²) in [6, 6.07) is 13.0. The number of alkyl halides is 2. The molecule has 0 saturated carbocycles. The van der Waals surface area contributed by atoms with Gasteiger partial charge in [0.1, 0.15) is 11.5 Å². The molecule has 0 atom stereocenters. The van der Waals surface area contributed by atoms with Gasteiger partial charge in [-0.25, -0.2) is 9.18 Å². The van der Waals surface area contributed by atoms with E-state index in [-0.39, 0.29) is 11.1 Å². The third kappa shape index (κ3) is 3.72. The fourth-order valence-electron chi connectivity index (χ4n) is 2.39. The van der Waals surface area contributed by atoms with Gasteiger partial charge in [-0.15, -0.1) is 0 Å². The van der Waals surface area contributed by atoms with Crippen molar-refractivity contribution in [3.63, 3.8) is 0 Å². The van der Waals surface area contributed by atoms with Crippen molar-refractivity contribution in [2.45, 2.75) is 6.61 Å². The summed E-state index contributed by atoms with van der Waals surface area (Å²) in [7, 11) is 1.51. The van der Waals surface area contributed by atoms with Crippen LogP contribution in [0.3, 0.4) is 0 Å². The number of fused-ring (bicyclic) bond motifs is 1. The lowest BCUT2D eigenvalue weighted by molar-refractivity contribution is -0.0520. The number of hydrogen-bond acceptors (Lipinski definition) is 4. The molecule has 3 aromatic rings. The van der Waals surface area contributed by atoms with Crippen LogP contribution in [-0.4, -0.2) is 19.7 Å². The highest BCUT2D eigenvalue weighted by Crippen LogP contribution is 2.30. The molecule has 0 amide bonds. The van der Waals surface area contributed by atoms with E-state index in [0.717, 1.165) is 6.07 Å². The smallest absolute Gasteiger partial charge is 0.387 e. The first-order valence-corrected chi connectivity index (χ1v) is 7.51. The van der Waals surface area contributed by atoms with Gasteiger partial charge >= 0.3 is 12.6 Å². The average Bonchev–Trinajstić information content (AvgIpc) is 2.64. The fourth-order valence-corrected chi connectivity index (χ4v) is 2.39. The number of esters is 1. The maximum Gasteiger partial charge on any atom is 0.387 e. The van der Waals surface area contributed by atoms with Crippen molar-refractivity contribution in [3.8, 4) is 17.2 Å². The Balaban J connectivity index is 1.83. The van der Waals surface area contributed by atoms with Gasteiger partial charge in [-0.1, -0.05) is 6.07 Å². The van der Waals surface area contributed by atoms with Crippen molar-refractivity contribution < 1.29 is 32.2 Å². The van der Waals surface area contributed by atoms with E-state index in [2.05, 4.69) is 4.74 Å². The standard InChI is InChI=1S/C19H13F3O4/c1-24-13-5-2-11(3-6-13)18(23)25-14-7-8-15-12(10-14)4-9-16(17(15)20)26-19(21)22/h2-10,19H,1H3. The summed E-state index contributed by atoms with van der Waals surface area (Å²) in [6.07, 6.45) is 0. The van der Waals surface area contributed by atoms with Crippen LogP contribution in [0, 0.1) is 5.82 Å². The van der Waals surface area contributed by atoms with Crippen molar-refractivity contribution in [1.82, 2.24) is 0 Å². The van der Waals surface area contributed by atoms with E-state index in [1.165, 1.54) is 31.4 Å². The molecular weight excluding hydrogens is 349 g/mol. The van der Waals surface area contributed by atoms with Crippen molar-refractivity contribution in [2.24, 2.45) is 0 Å². The Bertz CT molecular complexity index is 939. The Morgan fingerprint density at radius 1 is 0.962 bits per heavy atom. The molecule has 0 aliphatic carbocycles. The summed E-state index contributed by atoms with van der Waals surface area (Å²) >= 11 is 0. The third-order valence-corrected chi connectivity index (χ3v) is 3.64. The zero-order chi connectivity index (χ0) is 18.7. The lowest BCUT2D eigenvalue weighted by Gasteiger charge is -2.10. The number of carbonyl (C=O) groups excluding carboxylic acids is 1. The van der Waals surface area contributed by atoms with E-state index in [1.807, 2.05) is 0 Å². The van der Waals surface area contributed by atoms with Crippen molar-refractivity contribution in [3.05, 3.63) is 66.0 Å². The van der Waals surface area contributed by atoms with E-state index < -0.39 is 24.1 Å². The van der Waals surface area contributed by atoms with Gasteiger partial charge in [0.2, 0.25) is 0 Å². The van der Waals surface area contributed by atoms with Crippen molar-refractivity contribution in [1.29, 1.82) is 0 Å². The van der Waals surface area contributed by atoms with Crippen molar-refractivity contribution >= 4 is 16.7 Å². The third-order valence-electron chi connectivity index (χ3n) is 3.64. The Labute approximate surface area is 146 Å². The van der Waals surface area contributed by atoms with Gasteiger partial charge in [0.15, 0.2) is 11.6 Å². The number of rotatable bonds is 5. The Morgan fingerprint density at radius 3 is 2.31 bits per heavy atom. The second kappa shape index (κ2) is 7.35. The maximum absolute atomic E-state index is 14.2. The van der Waals surface area contributed by atoms with Crippen molar-refractivity contribution in [2.75, 3.05) is 7.11 Å². The normalized spacial score (nSPS) is 10.8. The van der Waals surface area contributed by atoms with Crippen LogP contribution < -0.4 is 14.2 Å². The molecule has 0 radical (unpaired) electrons. The molecule has 4 nitrogen and oxygen atoms in total. The summed E-state index contributed by atoms with van der Waals surface area (Å²) in [6.45, 7) is -3.12. The Morgan fingerprint density at radius 2 is 1.65 bits per heavy atom. The first-order valence-electron chi connectivity index (χ1n) is 7.51. The molecule has 3 aromatic carbocycles. The minimum atomic E-state index is -3.12. The summed E-state index contributed by atoms with van der Waals surface area (Å²) in [5, 5.41) is 0.455. The molecule has 134 valence electrons. The van der Waals surface area contributed by atoms with E-state index in [0.29, 0.717) is 16.7 Å². The van der Waals surface area contributed by atoms with Crippen LogP contribution in [0.2, 0.25) is 0 Å². The quantitative estimate of drug-likeness (QED) is 0.483. The van der Waals surface area contributed by atoms with Gasteiger partial charge in [-0.2, -0.15) is 8.78 Å². The molecule has 0 fully saturated rings. The molecule has 26 heavy (non-hydrogen) atoms. The minimum absolute atomic E-state index is 0.0763. The molecule has 0 N–H and O–H groups in total. The largest absolute Gasteiger partial charge is 0.497 e. The van der Waals surface area contributed by atoms with Gasteiger partial charge in [0.25, 0.3) is 0 Å². The predicted octanol–water partition coefficient (Wildman–Crippen LogP) is 4.81. The molecule has 0 aromatic heterocycles. The first kappa shape index (κ1) is 17.6. The molecule has 0 heterocycles. The predicted molar refractivity (Wildman–Crippen MR) is 88.5 cm³/mol. The molecule has 0 unspecified atom stereocenters. The van der Waals surface area contributed by atoms with Crippen LogP contribution in [0.1, 0.15) is 10.4 Å². The van der Waals surface area contributed by atoms with Gasteiger partial charge in [0.05, 0.1) is 12.7 Å². The lowest BCUT2D eigenvalue weighted by atomic mass is 10.1. The van der Waals surface area contributed by atoms with Crippen LogP contribution in [0.25, 0.3) is 10.8 Å². The zero-order valence-electron chi connectivity index (χ0n) is 13.5. The summed E-state index contributed by atoms with van der Waals surface area (Å²) in [4.78, 5) is 12.2. The summed E-state index contributed by atoms with van der Waals surface area (Å²) in [5.74, 6) is -1.25.